The Morgan fingerprint density at radius 1 is 1.43 bits per heavy atom. The maximum absolute atomic E-state index is 11.8. The topological polar surface area (TPSA) is 87.0 Å². The number of likely N-dealkylation sites (tertiary alicyclic amines) is 1. The van der Waals surface area contributed by atoms with Crippen molar-refractivity contribution < 1.29 is 18.8 Å². The summed E-state index contributed by atoms with van der Waals surface area (Å²) in [6, 6.07) is 7.01. The fourth-order valence-electron chi connectivity index (χ4n) is 3.31. The lowest BCUT2D eigenvalue weighted by molar-refractivity contribution is -0.920. The van der Waals surface area contributed by atoms with Gasteiger partial charge in [0.25, 0.3) is 0 Å². The van der Waals surface area contributed by atoms with Crippen molar-refractivity contribution >= 4 is 16.9 Å². The molecule has 2 heterocycles. The van der Waals surface area contributed by atoms with Gasteiger partial charge in [-0.3, -0.25) is 4.79 Å². The van der Waals surface area contributed by atoms with E-state index in [9.17, 15) is 9.59 Å². The van der Waals surface area contributed by atoms with E-state index in [2.05, 4.69) is 0 Å². The van der Waals surface area contributed by atoms with Crippen LogP contribution < -0.4 is 21.0 Å². The predicted octanol–water partition coefficient (Wildman–Crippen LogP) is 0.0818. The molecule has 0 bridgehead atoms. The number of nitrogens with one attached hydrogen (secondary N) is 1. The third kappa shape index (κ3) is 3.37. The second-order valence-electron chi connectivity index (χ2n) is 6.08. The van der Waals surface area contributed by atoms with E-state index >= 15 is 0 Å². The van der Waals surface area contributed by atoms with E-state index in [-0.39, 0.29) is 17.5 Å². The minimum Gasteiger partial charge on any atom is -0.497 e. The third-order valence-electron chi connectivity index (χ3n) is 4.50. The SMILES string of the molecule is COc1ccc2c(C[NH+]3CCC[C@@H](C(N)=O)C3)cc(=O)oc2c1. The van der Waals surface area contributed by atoms with Gasteiger partial charge in [0.05, 0.1) is 26.1 Å². The van der Waals surface area contributed by atoms with Gasteiger partial charge in [0.15, 0.2) is 0 Å². The first-order chi connectivity index (χ1) is 11.1. The van der Waals surface area contributed by atoms with Crippen LogP contribution in [-0.4, -0.2) is 26.1 Å². The molecule has 2 aromatic rings. The van der Waals surface area contributed by atoms with Crippen LogP contribution in [0.2, 0.25) is 0 Å². The zero-order valence-electron chi connectivity index (χ0n) is 13.1. The molecule has 0 saturated carbocycles. The third-order valence-corrected chi connectivity index (χ3v) is 4.50. The summed E-state index contributed by atoms with van der Waals surface area (Å²) in [4.78, 5) is 24.5. The maximum atomic E-state index is 11.8. The molecule has 6 nitrogen and oxygen atoms in total. The van der Waals surface area contributed by atoms with E-state index in [4.69, 9.17) is 14.9 Å². The summed E-state index contributed by atoms with van der Waals surface area (Å²) in [5.74, 6) is 0.339. The average Bonchev–Trinajstić information content (AvgIpc) is 2.54. The molecule has 1 aliphatic heterocycles. The van der Waals surface area contributed by atoms with Crippen molar-refractivity contribution in [1.82, 2.24) is 0 Å². The van der Waals surface area contributed by atoms with Crippen LogP contribution in [0.4, 0.5) is 0 Å². The van der Waals surface area contributed by atoms with Crippen molar-refractivity contribution in [3.63, 3.8) is 0 Å². The van der Waals surface area contributed by atoms with Crippen molar-refractivity contribution in [3.8, 4) is 5.75 Å². The summed E-state index contributed by atoms with van der Waals surface area (Å²) in [5.41, 5.74) is 6.52. The number of methoxy groups -OCH3 is 1. The predicted molar refractivity (Wildman–Crippen MR) is 85.4 cm³/mol. The minimum absolute atomic E-state index is 0.0785. The van der Waals surface area contributed by atoms with Gasteiger partial charge in [0, 0.05) is 23.1 Å². The van der Waals surface area contributed by atoms with E-state index in [0.29, 0.717) is 24.4 Å². The molecule has 1 unspecified atom stereocenters. The van der Waals surface area contributed by atoms with Gasteiger partial charge in [0.2, 0.25) is 5.91 Å². The van der Waals surface area contributed by atoms with Crippen LogP contribution in [0.3, 0.4) is 0 Å². The lowest BCUT2D eigenvalue weighted by atomic mass is 9.97. The highest BCUT2D eigenvalue weighted by Crippen LogP contribution is 2.22. The largest absolute Gasteiger partial charge is 0.497 e. The van der Waals surface area contributed by atoms with Crippen LogP contribution in [0.5, 0.6) is 5.75 Å². The molecule has 0 spiro atoms. The lowest BCUT2D eigenvalue weighted by Crippen LogP contribution is -3.12. The van der Waals surface area contributed by atoms with Crippen molar-refractivity contribution in [2.24, 2.45) is 11.7 Å². The highest BCUT2D eigenvalue weighted by molar-refractivity contribution is 5.81. The fourth-order valence-corrected chi connectivity index (χ4v) is 3.31. The summed E-state index contributed by atoms with van der Waals surface area (Å²) in [6.45, 7) is 2.37. The number of benzene rings is 1. The molecular formula is C17H21N2O4+. The Bertz CT molecular complexity index is 784. The molecule has 2 atom stereocenters. The van der Waals surface area contributed by atoms with Gasteiger partial charge in [0.1, 0.15) is 17.9 Å². The van der Waals surface area contributed by atoms with Gasteiger partial charge in [-0.1, -0.05) is 0 Å². The van der Waals surface area contributed by atoms with Crippen molar-refractivity contribution in [3.05, 3.63) is 40.2 Å². The van der Waals surface area contributed by atoms with Crippen molar-refractivity contribution in [2.45, 2.75) is 19.4 Å². The number of fused-ring (bicyclic) bond motifs is 1. The van der Waals surface area contributed by atoms with Crippen LogP contribution in [-0.2, 0) is 11.3 Å². The molecule has 3 rings (SSSR count). The van der Waals surface area contributed by atoms with E-state index in [1.807, 2.05) is 12.1 Å². The van der Waals surface area contributed by atoms with Gasteiger partial charge in [-0.15, -0.1) is 0 Å². The van der Waals surface area contributed by atoms with E-state index < -0.39 is 0 Å². The van der Waals surface area contributed by atoms with E-state index in [1.54, 1.807) is 13.2 Å². The molecule has 1 aromatic heterocycles. The summed E-state index contributed by atoms with van der Waals surface area (Å²) in [5, 5.41) is 0.902. The fraction of sp³-hybridized carbons (Fsp3) is 0.412. The van der Waals surface area contributed by atoms with Gasteiger partial charge < -0.3 is 19.8 Å². The number of rotatable bonds is 4. The quantitative estimate of drug-likeness (QED) is 0.782. The molecule has 6 heteroatoms. The molecule has 3 N–H and O–H groups in total. The zero-order chi connectivity index (χ0) is 16.4. The number of primary amides is 1. The Hall–Kier alpha value is -2.34. The van der Waals surface area contributed by atoms with Crippen LogP contribution in [0.1, 0.15) is 18.4 Å². The number of piperidine rings is 1. The van der Waals surface area contributed by atoms with Crippen LogP contribution in [0.15, 0.2) is 33.5 Å². The normalized spacial score (nSPS) is 21.3. The number of amides is 1. The summed E-state index contributed by atoms with van der Waals surface area (Å²) in [7, 11) is 1.57. The Labute approximate surface area is 133 Å². The molecule has 0 aliphatic carbocycles. The number of nitrogens with two attached hydrogens (primary N) is 1. The number of ether oxygens (including phenoxy) is 1. The lowest BCUT2D eigenvalue weighted by Gasteiger charge is -2.28. The number of hydrogen-bond donors (Lipinski definition) is 2. The monoisotopic (exact) mass is 317 g/mol. The van der Waals surface area contributed by atoms with Gasteiger partial charge >= 0.3 is 5.63 Å². The highest BCUT2D eigenvalue weighted by atomic mass is 16.5. The van der Waals surface area contributed by atoms with Crippen molar-refractivity contribution in [2.75, 3.05) is 20.2 Å². The van der Waals surface area contributed by atoms with Crippen LogP contribution in [0, 0.1) is 5.92 Å². The standard InChI is InChI=1S/C17H20N2O4/c1-22-13-4-5-14-12(7-16(20)23-15(14)8-13)10-19-6-2-3-11(9-19)17(18)21/h4-5,7-8,11H,2-3,6,9-10H2,1H3,(H2,18,21)/p+1/t11-/m1/s1. The Morgan fingerprint density at radius 3 is 3.00 bits per heavy atom. The van der Waals surface area contributed by atoms with Gasteiger partial charge in [-0.05, 0) is 25.0 Å². The first-order valence-electron chi connectivity index (χ1n) is 7.80. The van der Waals surface area contributed by atoms with Gasteiger partial charge in [-0.25, -0.2) is 4.79 Å². The Kier molecular flexibility index (Phi) is 4.34. The molecule has 0 radical (unpaired) electrons. The number of quaternary nitrogens is 1. The molecule has 1 aromatic carbocycles. The molecule has 122 valence electrons. The number of carbonyl (C=O) groups excluding carboxylic acids is 1. The molecule has 1 fully saturated rings. The first kappa shape index (κ1) is 15.6. The summed E-state index contributed by atoms with van der Waals surface area (Å²) >= 11 is 0. The zero-order valence-corrected chi connectivity index (χ0v) is 13.1. The smallest absolute Gasteiger partial charge is 0.336 e. The second kappa shape index (κ2) is 6.42. The van der Waals surface area contributed by atoms with E-state index in [0.717, 1.165) is 30.3 Å². The van der Waals surface area contributed by atoms with Crippen LogP contribution >= 0.6 is 0 Å². The second-order valence-corrected chi connectivity index (χ2v) is 6.08. The Morgan fingerprint density at radius 2 is 2.26 bits per heavy atom. The maximum Gasteiger partial charge on any atom is 0.336 e. The molecule has 1 amide bonds. The van der Waals surface area contributed by atoms with E-state index in [1.165, 1.54) is 11.0 Å². The molecule has 23 heavy (non-hydrogen) atoms. The van der Waals surface area contributed by atoms with Crippen molar-refractivity contribution in [1.29, 1.82) is 0 Å². The Balaban J connectivity index is 1.90. The molecular weight excluding hydrogens is 296 g/mol. The number of hydrogen-bond acceptors (Lipinski definition) is 4. The van der Waals surface area contributed by atoms with Gasteiger partial charge in [-0.2, -0.15) is 0 Å². The summed E-state index contributed by atoms with van der Waals surface area (Å²) < 4.78 is 10.4. The average molecular weight is 317 g/mol. The minimum atomic E-state index is -0.372. The highest BCUT2D eigenvalue weighted by Gasteiger charge is 2.27. The molecule has 1 saturated heterocycles. The number of carbonyl (C=O) groups is 1. The van der Waals surface area contributed by atoms with Crippen LogP contribution in [0.25, 0.3) is 11.0 Å². The molecule has 1 aliphatic rings. The summed E-state index contributed by atoms with van der Waals surface area (Å²) in [6.07, 6.45) is 1.82. The first-order valence-corrected chi connectivity index (χ1v) is 7.80.